The second-order valence-electron chi connectivity index (χ2n) is 5.42. The summed E-state index contributed by atoms with van der Waals surface area (Å²) in [7, 11) is 1.53. The normalized spacial score (nSPS) is 18.4. The Bertz CT molecular complexity index is 518. The summed E-state index contributed by atoms with van der Waals surface area (Å²) in [5.41, 5.74) is -1.02. The molecule has 8 nitrogen and oxygen atoms in total. The SMILES string of the molecule is Cn1c([N+](=O)[O-])cnc1CC1([N+](=O)[O-])CCCCCC1. The third-order valence-electron chi connectivity index (χ3n) is 4.16. The topological polar surface area (TPSA) is 104 Å². The lowest BCUT2D eigenvalue weighted by molar-refractivity contribution is -0.572. The van der Waals surface area contributed by atoms with Crippen LogP contribution < -0.4 is 0 Å². The number of nitro groups is 2. The molecule has 1 aromatic rings. The van der Waals surface area contributed by atoms with E-state index in [-0.39, 0.29) is 17.2 Å². The average Bonchev–Trinajstić information content (AvgIpc) is 2.62. The van der Waals surface area contributed by atoms with Crippen LogP contribution in [0.2, 0.25) is 0 Å². The van der Waals surface area contributed by atoms with Gasteiger partial charge in [-0.2, -0.15) is 0 Å². The van der Waals surface area contributed by atoms with E-state index in [1.807, 2.05) is 0 Å². The predicted octanol–water partition coefficient (Wildman–Crippen LogP) is 2.24. The fourth-order valence-electron chi connectivity index (χ4n) is 2.88. The molecule has 1 aliphatic carbocycles. The highest BCUT2D eigenvalue weighted by molar-refractivity contribution is 5.19. The maximum absolute atomic E-state index is 11.5. The molecule has 0 unspecified atom stereocenters. The van der Waals surface area contributed by atoms with Crippen LogP contribution in [0.15, 0.2) is 6.20 Å². The van der Waals surface area contributed by atoms with Gasteiger partial charge in [-0.15, -0.1) is 0 Å². The third kappa shape index (κ3) is 2.63. The number of aromatic nitrogens is 2. The Morgan fingerprint density at radius 3 is 2.30 bits per heavy atom. The lowest BCUT2D eigenvalue weighted by Crippen LogP contribution is -2.41. The van der Waals surface area contributed by atoms with Crippen molar-refractivity contribution < 1.29 is 9.85 Å². The Hall–Kier alpha value is -1.99. The molecule has 0 spiro atoms. The van der Waals surface area contributed by atoms with Gasteiger partial charge in [0.25, 0.3) is 0 Å². The van der Waals surface area contributed by atoms with Crippen LogP contribution in [-0.4, -0.2) is 24.9 Å². The molecule has 0 N–H and O–H groups in total. The Balaban J connectivity index is 2.28. The van der Waals surface area contributed by atoms with E-state index in [2.05, 4.69) is 4.98 Å². The van der Waals surface area contributed by atoms with Crippen LogP contribution in [0.3, 0.4) is 0 Å². The number of rotatable bonds is 4. The Labute approximate surface area is 116 Å². The van der Waals surface area contributed by atoms with Gasteiger partial charge in [0.05, 0.1) is 13.5 Å². The molecule has 1 fully saturated rings. The van der Waals surface area contributed by atoms with E-state index in [1.165, 1.54) is 17.8 Å². The lowest BCUT2D eigenvalue weighted by atomic mass is 9.87. The zero-order valence-corrected chi connectivity index (χ0v) is 11.4. The van der Waals surface area contributed by atoms with Crippen LogP contribution in [0, 0.1) is 20.2 Å². The molecule has 0 aromatic carbocycles. The average molecular weight is 282 g/mol. The maximum Gasteiger partial charge on any atom is 0.342 e. The molecule has 0 saturated heterocycles. The van der Waals surface area contributed by atoms with Crippen LogP contribution >= 0.6 is 0 Å². The maximum atomic E-state index is 11.5. The molecule has 0 bridgehead atoms. The van der Waals surface area contributed by atoms with Crippen LogP contribution in [0.5, 0.6) is 0 Å². The molecule has 1 saturated carbocycles. The van der Waals surface area contributed by atoms with Crippen LogP contribution in [-0.2, 0) is 13.5 Å². The van der Waals surface area contributed by atoms with E-state index in [0.717, 1.165) is 25.7 Å². The van der Waals surface area contributed by atoms with Crippen molar-refractivity contribution in [2.75, 3.05) is 0 Å². The van der Waals surface area contributed by atoms with Gasteiger partial charge in [-0.3, -0.25) is 10.1 Å². The Morgan fingerprint density at radius 2 is 1.85 bits per heavy atom. The Morgan fingerprint density at radius 1 is 1.25 bits per heavy atom. The van der Waals surface area contributed by atoms with Gasteiger partial charge in [0.1, 0.15) is 6.20 Å². The second-order valence-corrected chi connectivity index (χ2v) is 5.42. The monoisotopic (exact) mass is 282 g/mol. The summed E-state index contributed by atoms with van der Waals surface area (Å²) in [5.74, 6) is 0.280. The van der Waals surface area contributed by atoms with Crippen molar-refractivity contribution in [2.24, 2.45) is 7.05 Å². The summed E-state index contributed by atoms with van der Waals surface area (Å²) in [4.78, 5) is 25.6. The molecule has 1 heterocycles. The first-order valence-electron chi connectivity index (χ1n) is 6.76. The summed E-state index contributed by atoms with van der Waals surface area (Å²) < 4.78 is 1.34. The van der Waals surface area contributed by atoms with Gasteiger partial charge in [-0.05, 0) is 17.8 Å². The first-order chi connectivity index (χ1) is 9.46. The molecule has 8 heteroatoms. The van der Waals surface area contributed by atoms with Crippen LogP contribution in [0.4, 0.5) is 5.82 Å². The van der Waals surface area contributed by atoms with Crippen molar-refractivity contribution in [3.8, 4) is 0 Å². The van der Waals surface area contributed by atoms with Gasteiger partial charge in [0, 0.05) is 17.8 Å². The van der Waals surface area contributed by atoms with E-state index < -0.39 is 10.5 Å². The van der Waals surface area contributed by atoms with Gasteiger partial charge in [-0.1, -0.05) is 12.8 Å². The number of hydrogen-bond donors (Lipinski definition) is 0. The molecule has 110 valence electrons. The van der Waals surface area contributed by atoms with Gasteiger partial charge >= 0.3 is 5.82 Å². The number of imidazole rings is 1. The van der Waals surface area contributed by atoms with Crippen molar-refractivity contribution >= 4 is 5.82 Å². The van der Waals surface area contributed by atoms with E-state index in [0.29, 0.717) is 18.7 Å². The zero-order chi connectivity index (χ0) is 14.8. The quantitative estimate of drug-likeness (QED) is 0.478. The van der Waals surface area contributed by atoms with Gasteiger partial charge in [0.15, 0.2) is 0 Å². The Kier molecular flexibility index (Phi) is 4.01. The van der Waals surface area contributed by atoms with Gasteiger partial charge in [-0.25, -0.2) is 9.55 Å². The van der Waals surface area contributed by atoms with Gasteiger partial charge in [0.2, 0.25) is 11.4 Å². The number of hydrogen-bond acceptors (Lipinski definition) is 5. The highest BCUT2D eigenvalue weighted by Crippen LogP contribution is 2.33. The molecule has 0 amide bonds. The van der Waals surface area contributed by atoms with Crippen molar-refractivity contribution in [3.63, 3.8) is 0 Å². The van der Waals surface area contributed by atoms with E-state index in [1.54, 1.807) is 0 Å². The molecule has 20 heavy (non-hydrogen) atoms. The van der Waals surface area contributed by atoms with Gasteiger partial charge < -0.3 is 10.1 Å². The fourth-order valence-corrected chi connectivity index (χ4v) is 2.88. The van der Waals surface area contributed by atoms with Crippen molar-refractivity contribution in [2.45, 2.75) is 50.5 Å². The summed E-state index contributed by atoms with van der Waals surface area (Å²) in [5, 5.41) is 22.3. The van der Waals surface area contributed by atoms with E-state index in [9.17, 15) is 20.2 Å². The third-order valence-corrected chi connectivity index (χ3v) is 4.16. The smallest absolute Gasteiger partial charge is 0.342 e. The molecule has 0 aliphatic heterocycles. The van der Waals surface area contributed by atoms with Crippen molar-refractivity contribution in [3.05, 3.63) is 32.2 Å². The minimum absolute atomic E-state index is 0.132. The second kappa shape index (κ2) is 5.56. The molecule has 0 radical (unpaired) electrons. The summed E-state index contributed by atoms with van der Waals surface area (Å²) in [6, 6.07) is 0. The summed E-state index contributed by atoms with van der Waals surface area (Å²) in [6.07, 6.45) is 6.03. The minimum Gasteiger partial charge on any atom is -0.358 e. The summed E-state index contributed by atoms with van der Waals surface area (Å²) in [6.45, 7) is 0. The number of nitrogens with zero attached hydrogens (tertiary/aromatic N) is 4. The largest absolute Gasteiger partial charge is 0.358 e. The van der Waals surface area contributed by atoms with Crippen LogP contribution in [0.25, 0.3) is 0 Å². The molecular formula is C12H18N4O4. The summed E-state index contributed by atoms with van der Waals surface area (Å²) >= 11 is 0. The molecular weight excluding hydrogens is 264 g/mol. The van der Waals surface area contributed by atoms with E-state index in [4.69, 9.17) is 0 Å². The first-order valence-corrected chi connectivity index (χ1v) is 6.76. The lowest BCUT2D eigenvalue weighted by Gasteiger charge is -2.22. The molecule has 1 aliphatic rings. The molecule has 2 rings (SSSR count). The van der Waals surface area contributed by atoms with Crippen molar-refractivity contribution in [1.82, 2.24) is 9.55 Å². The standard InChI is InChI=1S/C12H18N4O4/c1-14-10(13-9-11(14)15(17)18)8-12(16(19)20)6-4-2-3-5-7-12/h9H,2-8H2,1H3. The zero-order valence-electron chi connectivity index (χ0n) is 11.4. The fraction of sp³-hybridized carbons (Fsp3) is 0.750. The van der Waals surface area contributed by atoms with E-state index >= 15 is 0 Å². The molecule has 1 aromatic heterocycles. The minimum atomic E-state index is -1.02. The first kappa shape index (κ1) is 14.4. The molecule has 0 atom stereocenters. The highest BCUT2D eigenvalue weighted by atomic mass is 16.6. The van der Waals surface area contributed by atoms with Crippen LogP contribution in [0.1, 0.15) is 44.3 Å². The predicted molar refractivity (Wildman–Crippen MR) is 71.0 cm³/mol. The van der Waals surface area contributed by atoms with Crippen molar-refractivity contribution in [1.29, 1.82) is 0 Å². The highest BCUT2D eigenvalue weighted by Gasteiger charge is 2.45.